The second-order valence-corrected chi connectivity index (χ2v) is 9.65. The Hall–Kier alpha value is -3.30. The normalized spacial score (nSPS) is 14.0. The Morgan fingerprint density at radius 3 is 2.35 bits per heavy atom. The van der Waals surface area contributed by atoms with Crippen molar-refractivity contribution in [2.45, 2.75) is 26.7 Å². The molecule has 0 bridgehead atoms. The zero-order chi connectivity index (χ0) is 24.2. The van der Waals surface area contributed by atoms with E-state index in [1.807, 2.05) is 32.0 Å². The fourth-order valence-electron chi connectivity index (χ4n) is 3.70. The molecule has 0 spiro atoms. The van der Waals surface area contributed by atoms with Crippen molar-refractivity contribution in [3.05, 3.63) is 68.6 Å². The first-order valence-corrected chi connectivity index (χ1v) is 12.1. The van der Waals surface area contributed by atoms with Gasteiger partial charge in [0.15, 0.2) is 0 Å². The van der Waals surface area contributed by atoms with Crippen molar-refractivity contribution in [2.75, 3.05) is 23.7 Å². The van der Waals surface area contributed by atoms with Crippen LogP contribution in [0, 0.1) is 19.8 Å². The minimum Gasteiger partial charge on any atom is -0.336 e. The highest BCUT2D eigenvalue weighted by Gasteiger charge is 2.30. The first-order chi connectivity index (χ1) is 16.3. The molecule has 34 heavy (non-hydrogen) atoms. The average Bonchev–Trinajstić information content (AvgIpc) is 3.32. The van der Waals surface area contributed by atoms with Crippen LogP contribution in [0.4, 0.5) is 11.4 Å². The molecule has 1 aromatic heterocycles. The third-order valence-corrected chi connectivity index (χ3v) is 6.96. The van der Waals surface area contributed by atoms with E-state index in [0.717, 1.165) is 22.6 Å². The van der Waals surface area contributed by atoms with E-state index in [4.69, 9.17) is 11.6 Å². The quantitative estimate of drug-likeness (QED) is 0.538. The number of aryl methyl sites for hydroxylation is 2. The standard InChI is InChI=1S/C24H24ClN5O3S/c1-14-6-7-19(12-15(14)2)26-20(31)16-8-10-30(11-9-16)24(33)23-29-28-22(34-23)21(32)27-18-5-3-4-17(25)13-18/h3-7,12-13,16H,8-11H2,1-2H3,(H,26,31)(H,27,32). The number of likely N-dealkylation sites (tertiary alicyclic amines) is 1. The fraction of sp³-hybridized carbons (Fsp3) is 0.292. The van der Waals surface area contributed by atoms with E-state index in [-0.39, 0.29) is 27.7 Å². The molecule has 2 heterocycles. The molecular formula is C24H24ClN5O3S. The van der Waals surface area contributed by atoms with E-state index in [2.05, 4.69) is 20.8 Å². The summed E-state index contributed by atoms with van der Waals surface area (Å²) in [7, 11) is 0. The second-order valence-electron chi connectivity index (χ2n) is 8.23. The van der Waals surface area contributed by atoms with E-state index in [1.165, 1.54) is 5.56 Å². The van der Waals surface area contributed by atoms with Gasteiger partial charge in [-0.3, -0.25) is 14.4 Å². The summed E-state index contributed by atoms with van der Waals surface area (Å²) in [5, 5.41) is 14.2. The number of benzene rings is 2. The summed E-state index contributed by atoms with van der Waals surface area (Å²) in [6, 6.07) is 12.6. The molecule has 0 atom stereocenters. The predicted octanol–water partition coefficient (Wildman–Crippen LogP) is 4.55. The first-order valence-electron chi connectivity index (χ1n) is 10.9. The molecule has 0 unspecified atom stereocenters. The zero-order valence-corrected chi connectivity index (χ0v) is 20.4. The molecule has 0 saturated carbocycles. The first kappa shape index (κ1) is 23.8. The molecule has 0 aliphatic carbocycles. The van der Waals surface area contributed by atoms with E-state index in [1.54, 1.807) is 29.2 Å². The van der Waals surface area contributed by atoms with Gasteiger partial charge in [-0.05, 0) is 68.1 Å². The van der Waals surface area contributed by atoms with Crippen LogP contribution in [0.3, 0.4) is 0 Å². The Morgan fingerprint density at radius 1 is 0.941 bits per heavy atom. The molecule has 4 rings (SSSR count). The van der Waals surface area contributed by atoms with Crippen LogP contribution in [-0.4, -0.2) is 45.9 Å². The van der Waals surface area contributed by atoms with Gasteiger partial charge in [0, 0.05) is 35.4 Å². The number of hydrogen-bond donors (Lipinski definition) is 2. The molecule has 1 fully saturated rings. The van der Waals surface area contributed by atoms with Gasteiger partial charge in [-0.25, -0.2) is 0 Å². The SMILES string of the molecule is Cc1ccc(NC(=O)C2CCN(C(=O)c3nnc(C(=O)Nc4cccc(Cl)c4)s3)CC2)cc1C. The summed E-state index contributed by atoms with van der Waals surface area (Å²) < 4.78 is 0. The van der Waals surface area contributed by atoms with Gasteiger partial charge in [0.05, 0.1) is 0 Å². The summed E-state index contributed by atoms with van der Waals surface area (Å²) >= 11 is 6.88. The Labute approximate surface area is 206 Å². The van der Waals surface area contributed by atoms with Crippen molar-refractivity contribution in [1.29, 1.82) is 0 Å². The number of halogens is 1. The maximum atomic E-state index is 12.9. The van der Waals surface area contributed by atoms with E-state index < -0.39 is 5.91 Å². The summed E-state index contributed by atoms with van der Waals surface area (Å²) in [6.07, 6.45) is 1.12. The molecule has 176 valence electrons. The van der Waals surface area contributed by atoms with Crippen molar-refractivity contribution in [1.82, 2.24) is 15.1 Å². The number of carbonyl (C=O) groups excluding carboxylic acids is 3. The number of anilines is 2. The molecule has 8 nitrogen and oxygen atoms in total. The number of nitrogens with zero attached hydrogens (tertiary/aromatic N) is 3. The van der Waals surface area contributed by atoms with Crippen LogP contribution in [0.25, 0.3) is 0 Å². The molecule has 1 aliphatic heterocycles. The highest BCUT2D eigenvalue weighted by molar-refractivity contribution is 7.15. The smallest absolute Gasteiger partial charge is 0.286 e. The zero-order valence-electron chi connectivity index (χ0n) is 18.8. The molecule has 10 heteroatoms. The maximum Gasteiger partial charge on any atom is 0.286 e. The molecule has 0 radical (unpaired) electrons. The minimum absolute atomic E-state index is 0.0359. The monoisotopic (exact) mass is 497 g/mol. The highest BCUT2D eigenvalue weighted by Crippen LogP contribution is 2.23. The second kappa shape index (κ2) is 10.3. The largest absolute Gasteiger partial charge is 0.336 e. The van der Waals surface area contributed by atoms with Crippen molar-refractivity contribution in [3.63, 3.8) is 0 Å². The number of carbonyl (C=O) groups is 3. The van der Waals surface area contributed by atoms with Crippen LogP contribution in [0.5, 0.6) is 0 Å². The van der Waals surface area contributed by atoms with Crippen LogP contribution in [0.2, 0.25) is 5.02 Å². The average molecular weight is 498 g/mol. The Kier molecular flexibility index (Phi) is 7.23. The summed E-state index contributed by atoms with van der Waals surface area (Å²) in [5.74, 6) is -0.946. The molecule has 1 saturated heterocycles. The summed E-state index contributed by atoms with van der Waals surface area (Å²) in [4.78, 5) is 39.6. The van der Waals surface area contributed by atoms with Crippen LogP contribution < -0.4 is 10.6 Å². The maximum absolute atomic E-state index is 12.9. The third kappa shape index (κ3) is 5.60. The fourth-order valence-corrected chi connectivity index (χ4v) is 4.59. The molecule has 2 N–H and O–H groups in total. The van der Waals surface area contributed by atoms with Crippen LogP contribution in [0.15, 0.2) is 42.5 Å². The number of piperidine rings is 1. The topological polar surface area (TPSA) is 104 Å². The highest BCUT2D eigenvalue weighted by atomic mass is 35.5. The number of hydrogen-bond acceptors (Lipinski definition) is 6. The van der Waals surface area contributed by atoms with Gasteiger partial charge in [-0.15, -0.1) is 10.2 Å². The van der Waals surface area contributed by atoms with Crippen molar-refractivity contribution < 1.29 is 14.4 Å². The van der Waals surface area contributed by atoms with Crippen molar-refractivity contribution in [2.24, 2.45) is 5.92 Å². The lowest BCUT2D eigenvalue weighted by Crippen LogP contribution is -2.41. The minimum atomic E-state index is -0.458. The van der Waals surface area contributed by atoms with Gasteiger partial charge < -0.3 is 15.5 Å². The number of nitrogens with one attached hydrogen (secondary N) is 2. The van der Waals surface area contributed by atoms with E-state index >= 15 is 0 Å². The number of amides is 3. The lowest BCUT2D eigenvalue weighted by molar-refractivity contribution is -0.121. The van der Waals surface area contributed by atoms with Gasteiger partial charge >= 0.3 is 0 Å². The third-order valence-electron chi connectivity index (χ3n) is 5.81. The molecule has 3 amide bonds. The van der Waals surface area contributed by atoms with Crippen molar-refractivity contribution in [3.8, 4) is 0 Å². The lowest BCUT2D eigenvalue weighted by atomic mass is 9.95. The van der Waals surface area contributed by atoms with Gasteiger partial charge in [0.1, 0.15) is 0 Å². The van der Waals surface area contributed by atoms with Crippen molar-refractivity contribution >= 4 is 52.0 Å². The van der Waals surface area contributed by atoms with E-state index in [9.17, 15) is 14.4 Å². The molecule has 3 aromatic rings. The Bertz CT molecular complexity index is 1240. The van der Waals surface area contributed by atoms with Gasteiger partial charge in [0.25, 0.3) is 11.8 Å². The van der Waals surface area contributed by atoms with Crippen LogP contribution in [-0.2, 0) is 4.79 Å². The van der Waals surface area contributed by atoms with Gasteiger partial charge in [0.2, 0.25) is 15.9 Å². The van der Waals surface area contributed by atoms with E-state index in [0.29, 0.717) is 36.6 Å². The Morgan fingerprint density at radius 2 is 1.65 bits per heavy atom. The number of rotatable bonds is 5. The number of aromatic nitrogens is 2. The van der Waals surface area contributed by atoms with Crippen LogP contribution >= 0.6 is 22.9 Å². The predicted molar refractivity (Wildman–Crippen MR) is 132 cm³/mol. The molecule has 2 aromatic carbocycles. The Balaban J connectivity index is 1.31. The molecular weight excluding hydrogens is 474 g/mol. The lowest BCUT2D eigenvalue weighted by Gasteiger charge is -2.30. The summed E-state index contributed by atoms with van der Waals surface area (Å²) in [5.41, 5.74) is 3.60. The molecule has 1 aliphatic rings. The van der Waals surface area contributed by atoms with Gasteiger partial charge in [-0.2, -0.15) is 0 Å². The van der Waals surface area contributed by atoms with Gasteiger partial charge in [-0.1, -0.05) is 35.1 Å². The summed E-state index contributed by atoms with van der Waals surface area (Å²) in [6.45, 7) is 4.91. The van der Waals surface area contributed by atoms with Crippen LogP contribution in [0.1, 0.15) is 43.6 Å².